The molecule has 0 aliphatic rings. The van der Waals surface area contributed by atoms with Gasteiger partial charge in [0.2, 0.25) is 5.91 Å². The molecule has 0 aromatic heterocycles. The normalized spacial score (nSPS) is 13.1. The van der Waals surface area contributed by atoms with Crippen molar-refractivity contribution in [3.63, 3.8) is 0 Å². The van der Waals surface area contributed by atoms with E-state index in [1.165, 1.54) is 0 Å². The molecule has 0 saturated heterocycles. The van der Waals surface area contributed by atoms with Crippen molar-refractivity contribution in [3.05, 3.63) is 34.3 Å². The number of amides is 1. The maximum absolute atomic E-state index is 12.0. The molecule has 0 spiro atoms. The van der Waals surface area contributed by atoms with Crippen molar-refractivity contribution in [2.24, 2.45) is 0 Å². The first kappa shape index (κ1) is 16.0. The molecule has 0 radical (unpaired) electrons. The number of nitrogens with one attached hydrogen (secondary N) is 1. The van der Waals surface area contributed by atoms with E-state index in [0.29, 0.717) is 6.42 Å². The van der Waals surface area contributed by atoms with Gasteiger partial charge in [0, 0.05) is 16.9 Å². The average molecular weight is 338 g/mol. The third-order valence-corrected chi connectivity index (χ3v) is 3.30. The Labute approximate surface area is 118 Å². The van der Waals surface area contributed by atoms with Gasteiger partial charge in [-0.05, 0) is 25.0 Å². The van der Waals surface area contributed by atoms with Crippen LogP contribution in [0.1, 0.15) is 25.3 Å². The molecule has 19 heavy (non-hydrogen) atoms. The van der Waals surface area contributed by atoms with Gasteiger partial charge in [0.25, 0.3) is 0 Å². The Balaban J connectivity index is 2.41. The summed E-state index contributed by atoms with van der Waals surface area (Å²) in [5.41, 5.74) is 1.01. The molecule has 1 aromatic rings. The quantitative estimate of drug-likeness (QED) is 0.868. The molecular weight excluding hydrogens is 323 g/mol. The highest BCUT2D eigenvalue weighted by Crippen LogP contribution is 2.21. The molecule has 1 aromatic carbocycles. The van der Waals surface area contributed by atoms with E-state index in [9.17, 15) is 18.0 Å². The number of hydrogen-bond acceptors (Lipinski definition) is 1. The Kier molecular flexibility index (Phi) is 5.85. The summed E-state index contributed by atoms with van der Waals surface area (Å²) < 4.78 is 36.8. The van der Waals surface area contributed by atoms with Gasteiger partial charge in [-0.3, -0.25) is 4.79 Å². The summed E-state index contributed by atoms with van der Waals surface area (Å²) in [7, 11) is 0. The highest BCUT2D eigenvalue weighted by molar-refractivity contribution is 9.10. The number of alkyl halides is 3. The lowest BCUT2D eigenvalue weighted by atomic mass is 10.1. The molecule has 1 N–H and O–H groups in total. The smallest absolute Gasteiger partial charge is 0.353 e. The molecule has 0 aliphatic heterocycles. The van der Waals surface area contributed by atoms with Crippen LogP contribution in [0.25, 0.3) is 0 Å². The summed E-state index contributed by atoms with van der Waals surface area (Å²) >= 11 is 3.39. The van der Waals surface area contributed by atoms with Crippen LogP contribution >= 0.6 is 15.9 Å². The fourth-order valence-corrected chi connectivity index (χ4v) is 2.09. The molecule has 0 saturated carbocycles. The van der Waals surface area contributed by atoms with Crippen molar-refractivity contribution in [2.45, 2.75) is 38.4 Å². The molecule has 106 valence electrons. The van der Waals surface area contributed by atoms with Crippen LogP contribution in [0.2, 0.25) is 0 Å². The second-order valence-electron chi connectivity index (χ2n) is 4.38. The van der Waals surface area contributed by atoms with Crippen LogP contribution in [-0.2, 0) is 11.2 Å². The van der Waals surface area contributed by atoms with Gasteiger partial charge in [0.05, 0.1) is 6.42 Å². The fraction of sp³-hybridized carbons (Fsp3) is 0.462. The van der Waals surface area contributed by atoms with E-state index >= 15 is 0 Å². The van der Waals surface area contributed by atoms with Crippen LogP contribution in [0.3, 0.4) is 0 Å². The van der Waals surface area contributed by atoms with E-state index in [4.69, 9.17) is 0 Å². The lowest BCUT2D eigenvalue weighted by molar-refractivity contribution is -0.144. The van der Waals surface area contributed by atoms with Gasteiger partial charge in [-0.25, -0.2) is 0 Å². The minimum absolute atomic E-state index is 0.209. The highest BCUT2D eigenvalue weighted by atomic mass is 79.9. The Hall–Kier alpha value is -1.04. The Morgan fingerprint density at radius 2 is 2.00 bits per heavy atom. The van der Waals surface area contributed by atoms with Crippen molar-refractivity contribution in [2.75, 3.05) is 0 Å². The first-order chi connectivity index (χ1) is 8.78. The van der Waals surface area contributed by atoms with Gasteiger partial charge in [-0.15, -0.1) is 0 Å². The zero-order valence-corrected chi connectivity index (χ0v) is 12.0. The molecule has 0 unspecified atom stereocenters. The van der Waals surface area contributed by atoms with Crippen LogP contribution in [0.4, 0.5) is 13.2 Å². The van der Waals surface area contributed by atoms with Crippen molar-refractivity contribution >= 4 is 21.8 Å². The van der Waals surface area contributed by atoms with Crippen molar-refractivity contribution in [1.82, 2.24) is 5.32 Å². The summed E-state index contributed by atoms with van der Waals surface area (Å²) in [5.74, 6) is -0.572. The van der Waals surface area contributed by atoms with Gasteiger partial charge in [-0.1, -0.05) is 34.1 Å². The average Bonchev–Trinajstić information content (AvgIpc) is 2.29. The van der Waals surface area contributed by atoms with Gasteiger partial charge >= 0.3 is 6.18 Å². The third-order valence-electron chi connectivity index (χ3n) is 2.53. The molecule has 0 heterocycles. The van der Waals surface area contributed by atoms with E-state index in [1.54, 1.807) is 6.92 Å². The van der Waals surface area contributed by atoms with Crippen LogP contribution in [0.5, 0.6) is 0 Å². The SMILES string of the molecule is C[C@H](Cc1ccccc1Br)NC(=O)CCC(F)(F)F. The monoisotopic (exact) mass is 337 g/mol. The van der Waals surface area contributed by atoms with Crippen LogP contribution < -0.4 is 5.32 Å². The van der Waals surface area contributed by atoms with Gasteiger partial charge in [-0.2, -0.15) is 13.2 Å². The lowest BCUT2D eigenvalue weighted by Gasteiger charge is -2.15. The molecule has 1 amide bonds. The predicted molar refractivity (Wildman–Crippen MR) is 70.7 cm³/mol. The van der Waals surface area contributed by atoms with Crippen LogP contribution in [0, 0.1) is 0 Å². The van der Waals surface area contributed by atoms with Crippen molar-refractivity contribution in [1.29, 1.82) is 0 Å². The van der Waals surface area contributed by atoms with Gasteiger partial charge in [0.1, 0.15) is 0 Å². The summed E-state index contributed by atoms with van der Waals surface area (Å²) in [5, 5.41) is 2.57. The van der Waals surface area contributed by atoms with E-state index in [2.05, 4.69) is 21.2 Å². The molecule has 6 heteroatoms. The number of hydrogen-bond donors (Lipinski definition) is 1. The standard InChI is InChI=1S/C13H15BrF3NO/c1-9(8-10-4-2-3-5-11(10)14)18-12(19)6-7-13(15,16)17/h2-5,9H,6-8H2,1H3,(H,18,19)/t9-/m1/s1. The zero-order chi connectivity index (χ0) is 14.5. The lowest BCUT2D eigenvalue weighted by Crippen LogP contribution is -2.34. The summed E-state index contributed by atoms with van der Waals surface area (Å²) in [4.78, 5) is 11.4. The van der Waals surface area contributed by atoms with Gasteiger partial charge in [0.15, 0.2) is 0 Å². The van der Waals surface area contributed by atoms with E-state index in [0.717, 1.165) is 10.0 Å². The van der Waals surface area contributed by atoms with E-state index < -0.39 is 24.9 Å². The Morgan fingerprint density at radius 1 is 1.37 bits per heavy atom. The first-order valence-electron chi connectivity index (χ1n) is 5.87. The van der Waals surface area contributed by atoms with Crippen molar-refractivity contribution < 1.29 is 18.0 Å². The number of carbonyl (C=O) groups excluding carboxylic acids is 1. The van der Waals surface area contributed by atoms with E-state index in [-0.39, 0.29) is 6.04 Å². The van der Waals surface area contributed by atoms with E-state index in [1.807, 2.05) is 24.3 Å². The molecule has 1 rings (SSSR count). The topological polar surface area (TPSA) is 29.1 Å². The summed E-state index contributed by atoms with van der Waals surface area (Å²) in [6, 6.07) is 7.33. The summed E-state index contributed by atoms with van der Waals surface area (Å²) in [6.07, 6.45) is -5.33. The maximum Gasteiger partial charge on any atom is 0.389 e. The molecule has 2 nitrogen and oxygen atoms in total. The summed E-state index contributed by atoms with van der Waals surface area (Å²) in [6.45, 7) is 1.77. The highest BCUT2D eigenvalue weighted by Gasteiger charge is 2.28. The maximum atomic E-state index is 12.0. The number of rotatable bonds is 5. The minimum atomic E-state index is -4.29. The number of carbonyl (C=O) groups is 1. The molecule has 1 atom stereocenters. The minimum Gasteiger partial charge on any atom is -0.353 e. The largest absolute Gasteiger partial charge is 0.389 e. The predicted octanol–water partition coefficient (Wildman–Crippen LogP) is 3.84. The molecule has 0 fully saturated rings. The first-order valence-corrected chi connectivity index (χ1v) is 6.67. The molecule has 0 aliphatic carbocycles. The van der Waals surface area contributed by atoms with Crippen LogP contribution in [-0.4, -0.2) is 18.1 Å². The zero-order valence-electron chi connectivity index (χ0n) is 10.4. The van der Waals surface area contributed by atoms with Gasteiger partial charge < -0.3 is 5.32 Å². The number of benzene rings is 1. The molecular formula is C13H15BrF3NO. The molecule has 0 bridgehead atoms. The second-order valence-corrected chi connectivity index (χ2v) is 5.23. The van der Waals surface area contributed by atoms with Crippen molar-refractivity contribution in [3.8, 4) is 0 Å². The fourth-order valence-electron chi connectivity index (χ4n) is 1.65. The Morgan fingerprint density at radius 3 is 2.58 bits per heavy atom. The third kappa shape index (κ3) is 6.61. The van der Waals surface area contributed by atoms with Crippen LogP contribution in [0.15, 0.2) is 28.7 Å². The Bertz CT molecular complexity index is 434. The number of halogens is 4. The second kappa shape index (κ2) is 6.93.